The number of nitrogens with zero attached hydrogens (tertiary/aromatic N) is 2. The molecule has 3 unspecified atom stereocenters. The van der Waals surface area contributed by atoms with Crippen LogP contribution in [0.3, 0.4) is 0 Å². The summed E-state index contributed by atoms with van der Waals surface area (Å²) in [4.78, 5) is 16.9. The number of piperidine rings is 1. The van der Waals surface area contributed by atoms with E-state index < -0.39 is 0 Å². The maximum atomic E-state index is 12.5. The molecule has 0 bridgehead atoms. The summed E-state index contributed by atoms with van der Waals surface area (Å²) in [5.74, 6) is 1.05. The molecule has 2 aliphatic heterocycles. The lowest BCUT2D eigenvalue weighted by atomic mass is 9.89. The summed E-state index contributed by atoms with van der Waals surface area (Å²) in [7, 11) is 2.14. The fraction of sp³-hybridized carbons (Fsp3) is 0.929. The van der Waals surface area contributed by atoms with Gasteiger partial charge < -0.3 is 15.1 Å². The van der Waals surface area contributed by atoms with Crippen molar-refractivity contribution in [2.45, 2.75) is 45.2 Å². The second-order valence-electron chi connectivity index (χ2n) is 5.92. The van der Waals surface area contributed by atoms with E-state index >= 15 is 0 Å². The van der Waals surface area contributed by atoms with Crippen molar-refractivity contribution >= 4 is 5.91 Å². The summed E-state index contributed by atoms with van der Waals surface area (Å²) in [5.41, 5.74) is 0. The maximum absolute atomic E-state index is 12.5. The quantitative estimate of drug-likeness (QED) is 0.795. The molecule has 2 heterocycles. The first-order valence-electron chi connectivity index (χ1n) is 7.34. The van der Waals surface area contributed by atoms with Crippen molar-refractivity contribution in [1.82, 2.24) is 15.1 Å². The van der Waals surface area contributed by atoms with Crippen LogP contribution in [0.1, 0.15) is 33.1 Å². The van der Waals surface area contributed by atoms with Crippen molar-refractivity contribution < 1.29 is 4.79 Å². The van der Waals surface area contributed by atoms with Crippen LogP contribution in [0, 0.1) is 5.92 Å². The highest BCUT2D eigenvalue weighted by Crippen LogP contribution is 2.21. The third-order valence-corrected chi connectivity index (χ3v) is 4.66. The molecule has 0 aromatic heterocycles. The van der Waals surface area contributed by atoms with E-state index in [1.165, 1.54) is 12.8 Å². The molecule has 1 amide bonds. The highest BCUT2D eigenvalue weighted by atomic mass is 16.2. The Kier molecular flexibility index (Phi) is 4.62. The molecule has 0 aliphatic carbocycles. The minimum Gasteiger partial charge on any atom is -0.339 e. The number of amides is 1. The van der Waals surface area contributed by atoms with Gasteiger partial charge in [0, 0.05) is 25.7 Å². The average Bonchev–Trinajstić information content (AvgIpc) is 2.41. The Labute approximate surface area is 111 Å². The van der Waals surface area contributed by atoms with Crippen LogP contribution in [-0.2, 0) is 4.79 Å². The maximum Gasteiger partial charge on any atom is 0.239 e. The summed E-state index contributed by atoms with van der Waals surface area (Å²) in [6, 6.07) is 0.549. The molecule has 2 saturated heterocycles. The number of hydrogen-bond acceptors (Lipinski definition) is 3. The molecule has 4 heteroatoms. The third kappa shape index (κ3) is 3.04. The minimum absolute atomic E-state index is 0.0688. The highest BCUT2D eigenvalue weighted by Gasteiger charge is 2.32. The van der Waals surface area contributed by atoms with Gasteiger partial charge in [0.2, 0.25) is 5.91 Å². The molecule has 4 nitrogen and oxygen atoms in total. The van der Waals surface area contributed by atoms with Gasteiger partial charge in [0.05, 0.1) is 6.04 Å². The third-order valence-electron chi connectivity index (χ3n) is 4.66. The van der Waals surface area contributed by atoms with Crippen molar-refractivity contribution in [1.29, 1.82) is 0 Å². The predicted molar refractivity (Wildman–Crippen MR) is 73.5 cm³/mol. The van der Waals surface area contributed by atoms with Crippen LogP contribution < -0.4 is 5.32 Å². The molecule has 2 rings (SSSR count). The number of carbonyl (C=O) groups is 1. The molecule has 18 heavy (non-hydrogen) atoms. The minimum atomic E-state index is 0.0688. The topological polar surface area (TPSA) is 35.6 Å². The second kappa shape index (κ2) is 6.02. The van der Waals surface area contributed by atoms with Gasteiger partial charge >= 0.3 is 0 Å². The standard InChI is InChI=1S/C14H27N3O/c1-4-12-5-6-15-13(9-12)14(18)17-8-7-16(3)11(2)10-17/h11-13,15H,4-10H2,1-3H3. The normalized spacial score (nSPS) is 34.6. The molecule has 0 aromatic carbocycles. The van der Waals surface area contributed by atoms with Gasteiger partial charge in [-0.15, -0.1) is 0 Å². The van der Waals surface area contributed by atoms with Gasteiger partial charge in [-0.3, -0.25) is 4.79 Å². The second-order valence-corrected chi connectivity index (χ2v) is 5.92. The molecule has 3 atom stereocenters. The zero-order valence-electron chi connectivity index (χ0n) is 12.0. The number of piperazine rings is 1. The number of likely N-dealkylation sites (N-methyl/N-ethyl adjacent to an activating group) is 1. The molecule has 0 aromatic rings. The Morgan fingerprint density at radius 1 is 1.39 bits per heavy atom. The molecule has 2 fully saturated rings. The zero-order chi connectivity index (χ0) is 13.1. The highest BCUT2D eigenvalue weighted by molar-refractivity contribution is 5.82. The first-order valence-corrected chi connectivity index (χ1v) is 7.34. The van der Waals surface area contributed by atoms with E-state index in [-0.39, 0.29) is 6.04 Å². The van der Waals surface area contributed by atoms with Gasteiger partial charge in [-0.1, -0.05) is 13.3 Å². The molecule has 0 radical (unpaired) electrons. The Morgan fingerprint density at radius 3 is 2.83 bits per heavy atom. The summed E-state index contributed by atoms with van der Waals surface area (Å²) in [6.45, 7) is 8.19. The fourth-order valence-electron chi connectivity index (χ4n) is 3.02. The lowest BCUT2D eigenvalue weighted by Gasteiger charge is -2.40. The monoisotopic (exact) mass is 253 g/mol. The fourth-order valence-corrected chi connectivity index (χ4v) is 3.02. The molecule has 0 spiro atoms. The lowest BCUT2D eigenvalue weighted by Crippen LogP contribution is -2.57. The molecular formula is C14H27N3O. The molecule has 104 valence electrons. The van der Waals surface area contributed by atoms with Crippen LogP contribution in [0.2, 0.25) is 0 Å². The van der Waals surface area contributed by atoms with Gasteiger partial charge in [0.1, 0.15) is 0 Å². The Morgan fingerprint density at radius 2 is 2.17 bits per heavy atom. The van der Waals surface area contributed by atoms with E-state index in [1.54, 1.807) is 0 Å². The van der Waals surface area contributed by atoms with Crippen LogP contribution >= 0.6 is 0 Å². The lowest BCUT2D eigenvalue weighted by molar-refractivity contribution is -0.137. The Hall–Kier alpha value is -0.610. The van der Waals surface area contributed by atoms with E-state index in [0.29, 0.717) is 11.9 Å². The molecule has 2 aliphatic rings. The number of nitrogens with one attached hydrogen (secondary N) is 1. The van der Waals surface area contributed by atoms with Crippen molar-refractivity contribution in [3.63, 3.8) is 0 Å². The zero-order valence-corrected chi connectivity index (χ0v) is 12.0. The predicted octanol–water partition coefficient (Wildman–Crippen LogP) is 0.927. The average molecular weight is 253 g/mol. The summed E-state index contributed by atoms with van der Waals surface area (Å²) >= 11 is 0. The van der Waals surface area contributed by atoms with Crippen molar-refractivity contribution in [3.8, 4) is 0 Å². The Balaban J connectivity index is 1.90. The van der Waals surface area contributed by atoms with E-state index in [9.17, 15) is 4.79 Å². The molecule has 0 saturated carbocycles. The summed E-state index contributed by atoms with van der Waals surface area (Å²) in [5, 5.41) is 3.40. The van der Waals surface area contributed by atoms with E-state index in [2.05, 4.69) is 36.0 Å². The van der Waals surface area contributed by atoms with E-state index in [1.807, 2.05) is 0 Å². The summed E-state index contributed by atoms with van der Waals surface area (Å²) < 4.78 is 0. The van der Waals surface area contributed by atoms with Crippen molar-refractivity contribution in [3.05, 3.63) is 0 Å². The van der Waals surface area contributed by atoms with E-state index in [4.69, 9.17) is 0 Å². The Bertz CT molecular complexity index is 287. The SMILES string of the molecule is CCC1CCNC(C(=O)N2CCN(C)C(C)C2)C1. The van der Waals surface area contributed by atoms with E-state index in [0.717, 1.165) is 38.5 Å². The van der Waals surface area contributed by atoms with Crippen LogP contribution in [0.15, 0.2) is 0 Å². The molecule has 1 N–H and O–H groups in total. The number of rotatable bonds is 2. The first-order chi connectivity index (χ1) is 8.61. The van der Waals surface area contributed by atoms with Gasteiger partial charge in [-0.25, -0.2) is 0 Å². The molecular weight excluding hydrogens is 226 g/mol. The first kappa shape index (κ1) is 13.8. The number of carbonyl (C=O) groups excluding carboxylic acids is 1. The summed E-state index contributed by atoms with van der Waals surface area (Å²) in [6.07, 6.45) is 3.44. The van der Waals surface area contributed by atoms with Gasteiger partial charge in [0.25, 0.3) is 0 Å². The smallest absolute Gasteiger partial charge is 0.239 e. The van der Waals surface area contributed by atoms with Gasteiger partial charge in [-0.05, 0) is 39.3 Å². The van der Waals surface area contributed by atoms with Gasteiger partial charge in [-0.2, -0.15) is 0 Å². The van der Waals surface area contributed by atoms with Crippen LogP contribution in [-0.4, -0.2) is 61.0 Å². The van der Waals surface area contributed by atoms with Crippen molar-refractivity contribution in [2.75, 3.05) is 33.2 Å². The largest absolute Gasteiger partial charge is 0.339 e. The van der Waals surface area contributed by atoms with Crippen LogP contribution in [0.5, 0.6) is 0 Å². The van der Waals surface area contributed by atoms with Crippen LogP contribution in [0.4, 0.5) is 0 Å². The van der Waals surface area contributed by atoms with Gasteiger partial charge in [0.15, 0.2) is 0 Å². The number of hydrogen-bond donors (Lipinski definition) is 1. The van der Waals surface area contributed by atoms with Crippen LogP contribution in [0.25, 0.3) is 0 Å². The van der Waals surface area contributed by atoms with Crippen molar-refractivity contribution in [2.24, 2.45) is 5.92 Å².